The van der Waals surface area contributed by atoms with Crippen LogP contribution >= 0.6 is 0 Å². The minimum Gasteiger partial charge on any atom is -0.422 e. The molecular formula is C32H32N4O5. The summed E-state index contributed by atoms with van der Waals surface area (Å²) in [5.41, 5.74) is 2.18. The average Bonchev–Trinajstić information content (AvgIpc) is 2.97. The molecule has 0 spiro atoms. The van der Waals surface area contributed by atoms with Gasteiger partial charge in [0.1, 0.15) is 11.1 Å². The number of rotatable bonds is 6. The van der Waals surface area contributed by atoms with E-state index < -0.39 is 11.5 Å². The van der Waals surface area contributed by atoms with Crippen LogP contribution in [0.5, 0.6) is 0 Å². The van der Waals surface area contributed by atoms with Gasteiger partial charge < -0.3 is 24.5 Å². The summed E-state index contributed by atoms with van der Waals surface area (Å²) in [7, 11) is 0. The second-order valence-corrected chi connectivity index (χ2v) is 11.1. The first-order valence-corrected chi connectivity index (χ1v) is 14.0. The summed E-state index contributed by atoms with van der Waals surface area (Å²) in [6.45, 7) is 5.91. The number of nitrogens with zero attached hydrogens (tertiary/aromatic N) is 2. The average molecular weight is 553 g/mol. The summed E-state index contributed by atoms with van der Waals surface area (Å²) in [5, 5.41) is 6.52. The highest BCUT2D eigenvalue weighted by Gasteiger charge is 2.35. The van der Waals surface area contributed by atoms with Crippen LogP contribution in [0.1, 0.15) is 59.0 Å². The molecular weight excluding hydrogens is 520 g/mol. The highest BCUT2D eigenvalue weighted by Crippen LogP contribution is 2.39. The second-order valence-electron chi connectivity index (χ2n) is 11.1. The molecule has 2 bridgehead atoms. The number of amides is 2. The van der Waals surface area contributed by atoms with Gasteiger partial charge in [-0.2, -0.15) is 0 Å². The summed E-state index contributed by atoms with van der Waals surface area (Å²) in [5.74, 6) is -0.443. The molecule has 2 amide bonds. The zero-order chi connectivity index (χ0) is 28.7. The number of nitrogens with one attached hydrogen (secondary N) is 2. The third kappa shape index (κ3) is 5.15. The lowest BCUT2D eigenvalue weighted by atomic mass is 9.83. The number of hydrogen-bond acceptors (Lipinski definition) is 6. The number of fused-ring (bicyclic) bond motifs is 5. The molecule has 4 heterocycles. The van der Waals surface area contributed by atoms with Crippen LogP contribution in [0.25, 0.3) is 11.0 Å². The van der Waals surface area contributed by atoms with Crippen LogP contribution in [-0.4, -0.2) is 35.5 Å². The van der Waals surface area contributed by atoms with E-state index in [0.29, 0.717) is 41.9 Å². The first-order chi connectivity index (χ1) is 19.8. The highest BCUT2D eigenvalue weighted by molar-refractivity contribution is 6.08. The Morgan fingerprint density at radius 3 is 2.63 bits per heavy atom. The maximum absolute atomic E-state index is 13.5. The topological polar surface area (TPSA) is 114 Å². The van der Waals surface area contributed by atoms with E-state index in [-0.39, 0.29) is 34.9 Å². The van der Waals surface area contributed by atoms with Gasteiger partial charge in [0.15, 0.2) is 0 Å². The summed E-state index contributed by atoms with van der Waals surface area (Å²) in [6.07, 6.45) is 1.77. The van der Waals surface area contributed by atoms with Crippen LogP contribution in [0.4, 0.5) is 11.4 Å². The van der Waals surface area contributed by atoms with Crippen molar-refractivity contribution >= 4 is 34.2 Å². The van der Waals surface area contributed by atoms with Crippen molar-refractivity contribution in [3.63, 3.8) is 0 Å². The lowest BCUT2D eigenvalue weighted by Gasteiger charge is -2.44. The Balaban J connectivity index is 1.36. The number of piperidine rings is 1. The lowest BCUT2D eigenvalue weighted by molar-refractivity contribution is 0.0938. The molecule has 9 heteroatoms. The van der Waals surface area contributed by atoms with Crippen molar-refractivity contribution in [1.29, 1.82) is 0 Å². The predicted molar refractivity (Wildman–Crippen MR) is 158 cm³/mol. The molecule has 2 aromatic heterocycles. The van der Waals surface area contributed by atoms with Crippen LogP contribution in [0.2, 0.25) is 0 Å². The van der Waals surface area contributed by atoms with Crippen molar-refractivity contribution in [1.82, 2.24) is 9.88 Å². The molecule has 2 aliphatic rings. The van der Waals surface area contributed by atoms with E-state index >= 15 is 0 Å². The van der Waals surface area contributed by atoms with Crippen LogP contribution in [0.15, 0.2) is 80.7 Å². The minimum absolute atomic E-state index is 0.00704. The lowest BCUT2D eigenvalue weighted by Crippen LogP contribution is -2.47. The molecule has 0 radical (unpaired) electrons. The van der Waals surface area contributed by atoms with Crippen LogP contribution < -0.4 is 26.7 Å². The Labute approximate surface area is 236 Å². The Kier molecular flexibility index (Phi) is 6.95. The Bertz CT molecular complexity index is 1770. The first kappa shape index (κ1) is 26.6. The molecule has 1 saturated heterocycles. The fourth-order valence-electron chi connectivity index (χ4n) is 5.97. The second kappa shape index (κ2) is 10.7. The molecule has 3 atom stereocenters. The highest BCUT2D eigenvalue weighted by atomic mass is 16.4. The standard InChI is InChI=1S/C32H32N4O5/c1-3-19(2)33-30(38)22-11-12-27(35-16-20-13-23(18-35)26-8-6-10-29(37)36(26)17-20)25(15-22)34-31(39)24-14-21-7-4-5-9-28(21)41-32(24)40/h4-12,14-15,19-20,23H,3,13,16-18H2,1-2H3,(H,33,38)(H,34,39). The molecule has 2 aliphatic heterocycles. The molecule has 2 N–H and O–H groups in total. The first-order valence-electron chi connectivity index (χ1n) is 14.0. The number of carbonyl (C=O) groups is 2. The molecule has 4 aromatic rings. The van der Waals surface area contributed by atoms with Gasteiger partial charge in [0.05, 0.1) is 11.4 Å². The quantitative estimate of drug-likeness (QED) is 0.344. The van der Waals surface area contributed by atoms with E-state index in [1.165, 1.54) is 6.07 Å². The monoisotopic (exact) mass is 552 g/mol. The van der Waals surface area contributed by atoms with Gasteiger partial charge in [0, 0.05) is 54.3 Å². The van der Waals surface area contributed by atoms with Crippen molar-refractivity contribution < 1.29 is 14.0 Å². The van der Waals surface area contributed by atoms with Crippen molar-refractivity contribution in [3.8, 4) is 0 Å². The molecule has 210 valence electrons. The molecule has 6 rings (SSSR count). The zero-order valence-corrected chi connectivity index (χ0v) is 23.1. The molecule has 0 aliphatic carbocycles. The molecule has 9 nitrogen and oxygen atoms in total. The third-order valence-corrected chi connectivity index (χ3v) is 8.20. The van der Waals surface area contributed by atoms with Crippen molar-refractivity contribution in [2.75, 3.05) is 23.3 Å². The Hall–Kier alpha value is -4.66. The van der Waals surface area contributed by atoms with Crippen molar-refractivity contribution in [3.05, 3.63) is 104 Å². The maximum Gasteiger partial charge on any atom is 0.349 e. The Morgan fingerprint density at radius 2 is 1.80 bits per heavy atom. The predicted octanol–water partition coefficient (Wildman–Crippen LogP) is 4.36. The van der Waals surface area contributed by atoms with Crippen molar-refractivity contribution in [2.24, 2.45) is 5.92 Å². The molecule has 2 aromatic carbocycles. The normalized spacial score (nSPS) is 18.4. The number of hydrogen-bond donors (Lipinski definition) is 2. The van der Waals surface area contributed by atoms with Gasteiger partial charge in [-0.25, -0.2) is 4.79 Å². The number of aromatic nitrogens is 1. The fraction of sp³-hybridized carbons (Fsp3) is 0.312. The van der Waals surface area contributed by atoms with E-state index in [1.807, 2.05) is 30.5 Å². The number of para-hydroxylation sites is 1. The number of benzene rings is 2. The SMILES string of the molecule is CCC(C)NC(=O)c1ccc(N2CC3CC(C2)c2cccc(=O)n2C3)c(NC(=O)c2cc3ccccc3oc2=O)c1. The Morgan fingerprint density at radius 1 is 0.976 bits per heavy atom. The van der Waals surface area contributed by atoms with E-state index in [9.17, 15) is 19.2 Å². The van der Waals surface area contributed by atoms with Gasteiger partial charge in [-0.1, -0.05) is 31.2 Å². The van der Waals surface area contributed by atoms with Gasteiger partial charge in [0.2, 0.25) is 0 Å². The smallest absolute Gasteiger partial charge is 0.349 e. The van der Waals surface area contributed by atoms with Gasteiger partial charge in [0.25, 0.3) is 17.4 Å². The minimum atomic E-state index is -0.733. The maximum atomic E-state index is 13.5. The molecule has 3 unspecified atom stereocenters. The van der Waals surface area contributed by atoms with E-state index in [4.69, 9.17) is 4.42 Å². The van der Waals surface area contributed by atoms with E-state index in [0.717, 1.165) is 24.2 Å². The number of pyridine rings is 1. The van der Waals surface area contributed by atoms with Crippen LogP contribution in [0, 0.1) is 5.92 Å². The van der Waals surface area contributed by atoms with Crippen LogP contribution in [-0.2, 0) is 6.54 Å². The van der Waals surface area contributed by atoms with Gasteiger partial charge in [-0.05, 0) is 62.1 Å². The van der Waals surface area contributed by atoms with Gasteiger partial charge in [-0.3, -0.25) is 14.4 Å². The largest absolute Gasteiger partial charge is 0.422 e. The number of anilines is 2. The molecule has 41 heavy (non-hydrogen) atoms. The van der Waals surface area contributed by atoms with Gasteiger partial charge >= 0.3 is 5.63 Å². The van der Waals surface area contributed by atoms with Crippen LogP contribution in [0.3, 0.4) is 0 Å². The van der Waals surface area contributed by atoms with E-state index in [2.05, 4.69) is 15.5 Å². The summed E-state index contributed by atoms with van der Waals surface area (Å²) in [6, 6.07) is 19.2. The summed E-state index contributed by atoms with van der Waals surface area (Å²) < 4.78 is 7.27. The van der Waals surface area contributed by atoms with Gasteiger partial charge in [-0.15, -0.1) is 0 Å². The molecule has 0 saturated carbocycles. The zero-order valence-electron chi connectivity index (χ0n) is 23.1. The summed E-state index contributed by atoms with van der Waals surface area (Å²) >= 11 is 0. The van der Waals surface area contributed by atoms with Crippen molar-refractivity contribution in [2.45, 2.75) is 45.2 Å². The molecule has 1 fully saturated rings. The summed E-state index contributed by atoms with van der Waals surface area (Å²) in [4.78, 5) is 53.9. The number of carbonyl (C=O) groups excluding carboxylic acids is 2. The fourth-order valence-corrected chi connectivity index (χ4v) is 5.97. The third-order valence-electron chi connectivity index (χ3n) is 8.20. The van der Waals surface area contributed by atoms with E-state index in [1.54, 1.807) is 48.5 Å².